The second kappa shape index (κ2) is 5.45. The molecule has 1 saturated heterocycles. The number of hydrogen-bond donors (Lipinski definition) is 3. The Morgan fingerprint density at radius 1 is 1.31 bits per heavy atom. The molecule has 3 atom stereocenters. The van der Waals surface area contributed by atoms with E-state index in [0.717, 1.165) is 25.9 Å². The Bertz CT molecular complexity index is 221. The van der Waals surface area contributed by atoms with Crippen molar-refractivity contribution in [3.63, 3.8) is 0 Å². The van der Waals surface area contributed by atoms with Gasteiger partial charge in [0.1, 0.15) is 0 Å². The molecule has 94 valence electrons. The maximum atomic E-state index is 9.93. The Hall–Kier alpha value is -0.160. The second-order valence-corrected chi connectivity index (χ2v) is 5.49. The number of aliphatic hydroxyl groups is 2. The van der Waals surface area contributed by atoms with E-state index in [4.69, 9.17) is 10.8 Å². The highest BCUT2D eigenvalue weighted by atomic mass is 16.3. The van der Waals surface area contributed by atoms with Gasteiger partial charge < -0.3 is 15.9 Å². The van der Waals surface area contributed by atoms with Crippen molar-refractivity contribution in [2.75, 3.05) is 26.2 Å². The Balaban J connectivity index is 1.78. The van der Waals surface area contributed by atoms with E-state index in [1.807, 2.05) is 0 Å². The maximum absolute atomic E-state index is 9.93. The first-order chi connectivity index (χ1) is 7.69. The fourth-order valence-electron chi connectivity index (χ4n) is 2.86. The molecule has 1 saturated carbocycles. The smallest absolute Gasteiger partial charge is 0.0571 e. The number of likely N-dealkylation sites (tertiary alicyclic amines) is 1. The first-order valence-corrected chi connectivity index (χ1v) is 6.46. The van der Waals surface area contributed by atoms with Gasteiger partial charge in [-0.25, -0.2) is 0 Å². The average Bonchev–Trinajstić information content (AvgIpc) is 2.99. The van der Waals surface area contributed by atoms with E-state index in [9.17, 15) is 5.11 Å². The van der Waals surface area contributed by atoms with Crippen molar-refractivity contribution in [2.24, 2.45) is 17.6 Å². The fraction of sp³-hybridized carbons (Fsp3) is 1.00. The topological polar surface area (TPSA) is 69.7 Å². The lowest BCUT2D eigenvalue weighted by atomic mass is 9.89. The van der Waals surface area contributed by atoms with Crippen LogP contribution in [-0.4, -0.2) is 53.5 Å². The highest BCUT2D eigenvalue weighted by Crippen LogP contribution is 2.36. The first-order valence-electron chi connectivity index (χ1n) is 6.46. The van der Waals surface area contributed by atoms with Gasteiger partial charge in [-0.1, -0.05) is 0 Å². The van der Waals surface area contributed by atoms with Crippen LogP contribution in [0.15, 0.2) is 0 Å². The molecule has 2 fully saturated rings. The van der Waals surface area contributed by atoms with E-state index < -0.39 is 0 Å². The zero-order chi connectivity index (χ0) is 11.5. The zero-order valence-corrected chi connectivity index (χ0v) is 9.89. The summed E-state index contributed by atoms with van der Waals surface area (Å²) in [7, 11) is 0. The van der Waals surface area contributed by atoms with E-state index in [2.05, 4.69) is 4.90 Å². The van der Waals surface area contributed by atoms with Gasteiger partial charge in [0.15, 0.2) is 0 Å². The zero-order valence-electron chi connectivity index (χ0n) is 9.89. The largest absolute Gasteiger partial charge is 0.395 e. The molecule has 1 aliphatic heterocycles. The lowest BCUT2D eigenvalue weighted by molar-refractivity contribution is 0.0735. The van der Waals surface area contributed by atoms with Crippen molar-refractivity contribution in [1.29, 1.82) is 0 Å². The molecule has 0 radical (unpaired) electrons. The van der Waals surface area contributed by atoms with Gasteiger partial charge in [-0.3, -0.25) is 4.90 Å². The van der Waals surface area contributed by atoms with E-state index in [-0.39, 0.29) is 18.8 Å². The summed E-state index contributed by atoms with van der Waals surface area (Å²) >= 11 is 0. The molecule has 0 spiro atoms. The Morgan fingerprint density at radius 2 is 2.06 bits per heavy atom. The SMILES string of the molecule is NC1CC(CC(O)C2CC2)CN(CCO)C1. The molecule has 4 nitrogen and oxygen atoms in total. The maximum Gasteiger partial charge on any atom is 0.0571 e. The van der Waals surface area contributed by atoms with Crippen molar-refractivity contribution in [1.82, 2.24) is 4.90 Å². The molecular formula is C12H24N2O2. The third-order valence-electron chi connectivity index (χ3n) is 3.80. The van der Waals surface area contributed by atoms with Gasteiger partial charge >= 0.3 is 0 Å². The Labute approximate surface area is 97.4 Å². The number of β-amino-alcohol motifs (C(OH)–C–C–N with tert-alkyl or cyclic N) is 1. The molecule has 3 unspecified atom stereocenters. The normalized spacial score (nSPS) is 33.9. The summed E-state index contributed by atoms with van der Waals surface area (Å²) < 4.78 is 0. The van der Waals surface area contributed by atoms with Gasteiger partial charge in [-0.2, -0.15) is 0 Å². The predicted molar refractivity (Wildman–Crippen MR) is 63.0 cm³/mol. The van der Waals surface area contributed by atoms with Crippen LogP contribution in [0.3, 0.4) is 0 Å². The van der Waals surface area contributed by atoms with Crippen LogP contribution in [0.25, 0.3) is 0 Å². The van der Waals surface area contributed by atoms with Gasteiger partial charge in [-0.05, 0) is 37.5 Å². The molecule has 0 amide bonds. The standard InChI is InChI=1S/C12H24N2O2/c13-11-5-9(6-12(16)10-1-2-10)7-14(8-11)3-4-15/h9-12,15-16H,1-8,13H2. The summed E-state index contributed by atoms with van der Waals surface area (Å²) in [6.07, 6.45) is 4.18. The van der Waals surface area contributed by atoms with Crippen molar-refractivity contribution in [3.8, 4) is 0 Å². The molecule has 1 heterocycles. The molecule has 2 rings (SSSR count). The summed E-state index contributed by atoms with van der Waals surface area (Å²) in [5.41, 5.74) is 6.01. The van der Waals surface area contributed by atoms with E-state index in [1.54, 1.807) is 0 Å². The molecule has 2 aliphatic rings. The number of nitrogens with zero attached hydrogens (tertiary/aromatic N) is 1. The average molecular weight is 228 g/mol. The van der Waals surface area contributed by atoms with E-state index in [0.29, 0.717) is 18.4 Å². The van der Waals surface area contributed by atoms with Crippen LogP contribution in [0.5, 0.6) is 0 Å². The monoisotopic (exact) mass is 228 g/mol. The summed E-state index contributed by atoms with van der Waals surface area (Å²) in [6.45, 7) is 2.78. The van der Waals surface area contributed by atoms with Gasteiger partial charge in [0, 0.05) is 25.7 Å². The molecule has 0 bridgehead atoms. The van der Waals surface area contributed by atoms with Crippen LogP contribution in [0.1, 0.15) is 25.7 Å². The lowest BCUT2D eigenvalue weighted by Crippen LogP contribution is -2.48. The Kier molecular flexibility index (Phi) is 4.19. The first kappa shape index (κ1) is 12.3. The highest BCUT2D eigenvalue weighted by Gasteiger charge is 2.33. The molecule has 4 heteroatoms. The highest BCUT2D eigenvalue weighted by molar-refractivity contribution is 4.87. The summed E-state index contributed by atoms with van der Waals surface area (Å²) in [5.74, 6) is 1.07. The van der Waals surface area contributed by atoms with Crippen molar-refractivity contribution in [2.45, 2.75) is 37.8 Å². The summed E-state index contributed by atoms with van der Waals surface area (Å²) in [5, 5.41) is 18.9. The third-order valence-corrected chi connectivity index (χ3v) is 3.80. The van der Waals surface area contributed by atoms with Crippen LogP contribution in [0.2, 0.25) is 0 Å². The van der Waals surface area contributed by atoms with Crippen LogP contribution in [0.4, 0.5) is 0 Å². The molecule has 0 aromatic rings. The number of aliphatic hydroxyl groups excluding tert-OH is 2. The number of hydrogen-bond acceptors (Lipinski definition) is 4. The minimum absolute atomic E-state index is 0.119. The molecule has 16 heavy (non-hydrogen) atoms. The second-order valence-electron chi connectivity index (χ2n) is 5.49. The van der Waals surface area contributed by atoms with E-state index >= 15 is 0 Å². The van der Waals surface area contributed by atoms with Gasteiger partial charge in [0.2, 0.25) is 0 Å². The van der Waals surface area contributed by atoms with Crippen molar-refractivity contribution >= 4 is 0 Å². The number of piperidine rings is 1. The summed E-state index contributed by atoms with van der Waals surface area (Å²) in [4.78, 5) is 2.22. The molecule has 0 aromatic heterocycles. The van der Waals surface area contributed by atoms with Gasteiger partial charge in [0.25, 0.3) is 0 Å². The van der Waals surface area contributed by atoms with Crippen LogP contribution in [-0.2, 0) is 0 Å². The number of nitrogens with two attached hydrogens (primary N) is 1. The van der Waals surface area contributed by atoms with E-state index in [1.165, 1.54) is 12.8 Å². The van der Waals surface area contributed by atoms with Crippen LogP contribution >= 0.6 is 0 Å². The minimum Gasteiger partial charge on any atom is -0.395 e. The molecule has 1 aliphatic carbocycles. The molecular weight excluding hydrogens is 204 g/mol. The number of rotatable bonds is 5. The Morgan fingerprint density at radius 3 is 2.69 bits per heavy atom. The van der Waals surface area contributed by atoms with Crippen molar-refractivity contribution in [3.05, 3.63) is 0 Å². The van der Waals surface area contributed by atoms with Crippen molar-refractivity contribution < 1.29 is 10.2 Å². The lowest BCUT2D eigenvalue weighted by Gasteiger charge is -2.36. The van der Waals surface area contributed by atoms with Gasteiger partial charge in [0.05, 0.1) is 12.7 Å². The van der Waals surface area contributed by atoms with Crippen LogP contribution in [0, 0.1) is 11.8 Å². The molecule has 0 aromatic carbocycles. The summed E-state index contributed by atoms with van der Waals surface area (Å²) in [6, 6.07) is 0.205. The molecule has 4 N–H and O–H groups in total. The quantitative estimate of drug-likeness (QED) is 0.609. The van der Waals surface area contributed by atoms with Gasteiger partial charge in [-0.15, -0.1) is 0 Å². The minimum atomic E-state index is -0.119. The predicted octanol–water partition coefficient (Wildman–Crippen LogP) is -0.211. The van der Waals surface area contributed by atoms with Crippen LogP contribution < -0.4 is 5.73 Å². The third kappa shape index (κ3) is 3.42. The fourth-order valence-corrected chi connectivity index (χ4v) is 2.86.